The zero-order chi connectivity index (χ0) is 15.0. The van der Waals surface area contributed by atoms with Gasteiger partial charge in [0.15, 0.2) is 6.10 Å². The van der Waals surface area contributed by atoms with Crippen LogP contribution in [0.15, 0.2) is 42.5 Å². The molecule has 0 aromatic heterocycles. The standard InChI is InChI=1S/C16H15FN2O2/c1-2-19(11-5-3-10(17)4-6-11)12-7-8-13-14(9-12)18-16(21)15(13)20/h3-9,15,20H,2H2,1H3,(H,18,21). The summed E-state index contributed by atoms with van der Waals surface area (Å²) in [5.74, 6) is -0.689. The molecule has 1 unspecified atom stereocenters. The van der Waals surface area contributed by atoms with E-state index in [9.17, 15) is 14.3 Å². The van der Waals surface area contributed by atoms with Crippen LogP contribution in [0.4, 0.5) is 21.5 Å². The van der Waals surface area contributed by atoms with Crippen LogP contribution in [0.2, 0.25) is 0 Å². The van der Waals surface area contributed by atoms with Gasteiger partial charge in [-0.2, -0.15) is 0 Å². The summed E-state index contributed by atoms with van der Waals surface area (Å²) in [5.41, 5.74) is 2.94. The molecule has 2 aromatic carbocycles. The second-order valence-corrected chi connectivity index (χ2v) is 4.88. The highest BCUT2D eigenvalue weighted by Crippen LogP contribution is 2.35. The summed E-state index contributed by atoms with van der Waals surface area (Å²) in [6.45, 7) is 2.69. The van der Waals surface area contributed by atoms with Crippen molar-refractivity contribution < 1.29 is 14.3 Å². The number of nitrogens with zero attached hydrogens (tertiary/aromatic N) is 1. The number of fused-ring (bicyclic) bond motifs is 1. The minimum atomic E-state index is -1.10. The third kappa shape index (κ3) is 2.36. The molecule has 0 bridgehead atoms. The lowest BCUT2D eigenvalue weighted by molar-refractivity contribution is -0.123. The monoisotopic (exact) mass is 286 g/mol. The first kappa shape index (κ1) is 13.6. The summed E-state index contributed by atoms with van der Waals surface area (Å²) in [6, 6.07) is 11.6. The molecule has 0 saturated carbocycles. The summed E-state index contributed by atoms with van der Waals surface area (Å²) in [4.78, 5) is 13.5. The van der Waals surface area contributed by atoms with Gasteiger partial charge in [-0.05, 0) is 43.3 Å². The van der Waals surface area contributed by atoms with E-state index in [1.807, 2.05) is 24.0 Å². The van der Waals surface area contributed by atoms with E-state index in [1.165, 1.54) is 12.1 Å². The third-order valence-electron chi connectivity index (χ3n) is 3.60. The number of anilines is 3. The summed E-state index contributed by atoms with van der Waals surface area (Å²) < 4.78 is 13.0. The Morgan fingerprint density at radius 1 is 1.19 bits per heavy atom. The molecular formula is C16H15FN2O2. The quantitative estimate of drug-likeness (QED) is 0.912. The van der Waals surface area contributed by atoms with Gasteiger partial charge in [-0.1, -0.05) is 6.07 Å². The van der Waals surface area contributed by atoms with E-state index in [4.69, 9.17) is 0 Å². The fraction of sp³-hybridized carbons (Fsp3) is 0.188. The topological polar surface area (TPSA) is 52.6 Å². The van der Waals surface area contributed by atoms with Crippen molar-refractivity contribution >= 4 is 23.0 Å². The molecule has 1 amide bonds. The van der Waals surface area contributed by atoms with E-state index >= 15 is 0 Å². The van der Waals surface area contributed by atoms with Crippen LogP contribution in [0.3, 0.4) is 0 Å². The minimum absolute atomic E-state index is 0.279. The molecule has 1 atom stereocenters. The molecule has 4 nitrogen and oxygen atoms in total. The average molecular weight is 286 g/mol. The first-order valence-electron chi connectivity index (χ1n) is 6.76. The van der Waals surface area contributed by atoms with E-state index in [-0.39, 0.29) is 5.82 Å². The summed E-state index contributed by atoms with van der Waals surface area (Å²) in [7, 11) is 0. The van der Waals surface area contributed by atoms with Crippen LogP contribution >= 0.6 is 0 Å². The Bertz CT molecular complexity index is 685. The van der Waals surface area contributed by atoms with E-state index < -0.39 is 12.0 Å². The minimum Gasteiger partial charge on any atom is -0.378 e. The molecule has 1 aliphatic heterocycles. The Labute approximate surface area is 121 Å². The fourth-order valence-electron chi connectivity index (χ4n) is 2.54. The van der Waals surface area contributed by atoms with Gasteiger partial charge >= 0.3 is 0 Å². The zero-order valence-corrected chi connectivity index (χ0v) is 11.5. The fourth-order valence-corrected chi connectivity index (χ4v) is 2.54. The number of aliphatic hydroxyl groups is 1. The smallest absolute Gasteiger partial charge is 0.257 e. The van der Waals surface area contributed by atoms with Gasteiger partial charge in [0, 0.05) is 29.2 Å². The van der Waals surface area contributed by atoms with Crippen molar-refractivity contribution in [3.8, 4) is 0 Å². The lowest BCUT2D eigenvalue weighted by Crippen LogP contribution is -2.16. The van der Waals surface area contributed by atoms with Crippen LogP contribution in [0, 0.1) is 5.82 Å². The second kappa shape index (κ2) is 5.18. The van der Waals surface area contributed by atoms with Gasteiger partial charge in [0.2, 0.25) is 0 Å². The zero-order valence-electron chi connectivity index (χ0n) is 11.5. The Kier molecular flexibility index (Phi) is 3.35. The maximum absolute atomic E-state index is 13.0. The van der Waals surface area contributed by atoms with Gasteiger partial charge in [0.1, 0.15) is 5.82 Å². The molecule has 2 N–H and O–H groups in total. The van der Waals surface area contributed by atoms with Gasteiger partial charge in [-0.3, -0.25) is 4.79 Å². The van der Waals surface area contributed by atoms with Crippen molar-refractivity contribution in [2.75, 3.05) is 16.8 Å². The predicted molar refractivity (Wildman–Crippen MR) is 79.1 cm³/mol. The molecule has 2 aromatic rings. The third-order valence-corrected chi connectivity index (χ3v) is 3.60. The number of hydrogen-bond acceptors (Lipinski definition) is 3. The lowest BCUT2D eigenvalue weighted by Gasteiger charge is -2.24. The van der Waals surface area contributed by atoms with Crippen molar-refractivity contribution in [1.29, 1.82) is 0 Å². The molecule has 0 fully saturated rings. The number of carbonyl (C=O) groups excluding carboxylic acids is 1. The Morgan fingerprint density at radius 2 is 1.86 bits per heavy atom. The van der Waals surface area contributed by atoms with Crippen LogP contribution < -0.4 is 10.2 Å². The van der Waals surface area contributed by atoms with Crippen LogP contribution in [0.25, 0.3) is 0 Å². The molecule has 21 heavy (non-hydrogen) atoms. The highest BCUT2D eigenvalue weighted by molar-refractivity contribution is 6.02. The van der Waals surface area contributed by atoms with Crippen molar-refractivity contribution in [3.63, 3.8) is 0 Å². The number of carbonyl (C=O) groups is 1. The summed E-state index contributed by atoms with van der Waals surface area (Å²) in [5, 5.41) is 12.4. The van der Waals surface area contributed by atoms with Gasteiger partial charge in [0.25, 0.3) is 5.91 Å². The molecule has 0 radical (unpaired) electrons. The number of hydrogen-bond donors (Lipinski definition) is 2. The highest BCUT2D eigenvalue weighted by atomic mass is 19.1. The molecule has 0 aliphatic carbocycles. The van der Waals surface area contributed by atoms with Crippen LogP contribution in [0.1, 0.15) is 18.6 Å². The van der Waals surface area contributed by atoms with Crippen LogP contribution in [0.5, 0.6) is 0 Å². The van der Waals surface area contributed by atoms with Gasteiger partial charge in [-0.15, -0.1) is 0 Å². The SMILES string of the molecule is CCN(c1ccc(F)cc1)c1ccc2c(c1)NC(=O)C2O. The highest BCUT2D eigenvalue weighted by Gasteiger charge is 2.28. The number of amides is 1. The molecular weight excluding hydrogens is 271 g/mol. The van der Waals surface area contributed by atoms with Crippen molar-refractivity contribution in [2.24, 2.45) is 0 Å². The molecule has 5 heteroatoms. The number of halogens is 1. The first-order valence-corrected chi connectivity index (χ1v) is 6.76. The Balaban J connectivity index is 1.97. The van der Waals surface area contributed by atoms with Crippen molar-refractivity contribution in [2.45, 2.75) is 13.0 Å². The summed E-state index contributed by atoms with van der Waals surface area (Å²) >= 11 is 0. The van der Waals surface area contributed by atoms with Gasteiger partial charge in [-0.25, -0.2) is 4.39 Å². The predicted octanol–water partition coefficient (Wildman–Crippen LogP) is 2.97. The van der Waals surface area contributed by atoms with E-state index in [2.05, 4.69) is 5.32 Å². The normalized spacial score (nSPS) is 16.5. The Morgan fingerprint density at radius 3 is 2.52 bits per heavy atom. The van der Waals surface area contributed by atoms with E-state index in [0.717, 1.165) is 11.4 Å². The number of benzene rings is 2. The molecule has 1 aliphatic rings. The molecule has 3 rings (SSSR count). The molecule has 108 valence electrons. The van der Waals surface area contributed by atoms with Crippen molar-refractivity contribution in [1.82, 2.24) is 0 Å². The molecule has 0 saturated heterocycles. The molecule has 1 heterocycles. The molecule has 0 spiro atoms. The van der Waals surface area contributed by atoms with Gasteiger partial charge in [0.05, 0.1) is 0 Å². The number of rotatable bonds is 3. The first-order chi connectivity index (χ1) is 10.1. The van der Waals surface area contributed by atoms with Crippen molar-refractivity contribution in [3.05, 3.63) is 53.8 Å². The Hall–Kier alpha value is -2.40. The maximum atomic E-state index is 13.0. The second-order valence-electron chi connectivity index (χ2n) is 4.88. The average Bonchev–Trinajstić information content (AvgIpc) is 2.77. The van der Waals surface area contributed by atoms with Gasteiger partial charge < -0.3 is 15.3 Å². The number of aliphatic hydroxyl groups excluding tert-OH is 1. The summed E-state index contributed by atoms with van der Waals surface area (Å²) in [6.07, 6.45) is -1.10. The lowest BCUT2D eigenvalue weighted by atomic mass is 10.1. The largest absolute Gasteiger partial charge is 0.378 e. The van der Waals surface area contributed by atoms with Crippen LogP contribution in [-0.2, 0) is 4.79 Å². The number of nitrogens with one attached hydrogen (secondary N) is 1. The van der Waals surface area contributed by atoms with Crippen LogP contribution in [-0.4, -0.2) is 17.6 Å². The van der Waals surface area contributed by atoms with E-state index in [1.54, 1.807) is 18.2 Å². The van der Waals surface area contributed by atoms with E-state index in [0.29, 0.717) is 17.8 Å². The maximum Gasteiger partial charge on any atom is 0.257 e.